The Kier molecular flexibility index (Phi) is 4.94. The molecule has 1 atom stereocenters. The van der Waals surface area contributed by atoms with E-state index in [4.69, 9.17) is 0 Å². The molecule has 1 aromatic heterocycles. The topological polar surface area (TPSA) is 63.9 Å². The predicted molar refractivity (Wildman–Crippen MR) is 106 cm³/mol. The Bertz CT molecular complexity index is 953. The van der Waals surface area contributed by atoms with Gasteiger partial charge in [-0.1, -0.05) is 49.0 Å². The minimum absolute atomic E-state index is 0.0772. The second-order valence-electron chi connectivity index (χ2n) is 6.63. The van der Waals surface area contributed by atoms with Crippen LogP contribution in [0.25, 0.3) is 5.69 Å². The number of aryl methyl sites for hydroxylation is 1. The Balaban J connectivity index is 1.48. The molecular formula is C20H21N5OS. The van der Waals surface area contributed by atoms with Crippen LogP contribution < -0.4 is 4.90 Å². The van der Waals surface area contributed by atoms with Crippen LogP contribution in [0.2, 0.25) is 0 Å². The van der Waals surface area contributed by atoms with Crippen molar-refractivity contribution in [1.82, 2.24) is 20.2 Å². The van der Waals surface area contributed by atoms with Crippen molar-refractivity contribution in [3.8, 4) is 5.69 Å². The molecular weight excluding hydrogens is 358 g/mol. The fraction of sp³-hybridized carbons (Fsp3) is 0.300. The van der Waals surface area contributed by atoms with Crippen LogP contribution in [0.1, 0.15) is 25.0 Å². The average molecular weight is 379 g/mol. The van der Waals surface area contributed by atoms with E-state index in [1.165, 1.54) is 22.9 Å². The van der Waals surface area contributed by atoms with E-state index in [0.29, 0.717) is 10.9 Å². The molecule has 1 aliphatic rings. The van der Waals surface area contributed by atoms with Crippen molar-refractivity contribution in [3.63, 3.8) is 0 Å². The molecule has 0 fully saturated rings. The summed E-state index contributed by atoms with van der Waals surface area (Å²) < 4.78 is 1.68. The third-order valence-corrected chi connectivity index (χ3v) is 5.73. The molecule has 3 aromatic rings. The molecule has 27 heavy (non-hydrogen) atoms. The first-order valence-corrected chi connectivity index (χ1v) is 10.1. The van der Waals surface area contributed by atoms with Gasteiger partial charge in [-0.3, -0.25) is 4.79 Å². The number of tetrazole rings is 1. The fourth-order valence-electron chi connectivity index (χ4n) is 3.45. The van der Waals surface area contributed by atoms with E-state index in [2.05, 4.69) is 47.6 Å². The number of aromatic nitrogens is 4. The maximum absolute atomic E-state index is 12.9. The van der Waals surface area contributed by atoms with E-state index in [1.54, 1.807) is 4.68 Å². The fourth-order valence-corrected chi connectivity index (χ4v) is 4.20. The van der Waals surface area contributed by atoms with Crippen LogP contribution in [0.15, 0.2) is 53.7 Å². The largest absolute Gasteiger partial charge is 0.308 e. The summed E-state index contributed by atoms with van der Waals surface area (Å²) >= 11 is 1.37. The maximum atomic E-state index is 12.9. The Hall–Kier alpha value is -2.67. The summed E-state index contributed by atoms with van der Waals surface area (Å²) in [6.07, 6.45) is 1.88. The molecule has 0 spiro atoms. The van der Waals surface area contributed by atoms with Gasteiger partial charge < -0.3 is 4.90 Å². The first-order chi connectivity index (χ1) is 13.2. The lowest BCUT2D eigenvalue weighted by Crippen LogP contribution is -2.37. The Morgan fingerprint density at radius 1 is 1.19 bits per heavy atom. The van der Waals surface area contributed by atoms with Crippen LogP contribution in [-0.2, 0) is 17.6 Å². The number of benzene rings is 2. The summed E-state index contributed by atoms with van der Waals surface area (Å²) in [6.45, 7) is 4.21. The molecule has 0 saturated carbocycles. The maximum Gasteiger partial charge on any atom is 0.237 e. The van der Waals surface area contributed by atoms with Gasteiger partial charge >= 0.3 is 0 Å². The summed E-state index contributed by atoms with van der Waals surface area (Å²) in [5, 5.41) is 12.6. The van der Waals surface area contributed by atoms with Gasteiger partial charge in [-0.15, -0.1) is 5.10 Å². The van der Waals surface area contributed by atoms with Gasteiger partial charge in [0.15, 0.2) is 0 Å². The number of amides is 1. The van der Waals surface area contributed by atoms with E-state index in [1.807, 2.05) is 35.2 Å². The Morgan fingerprint density at radius 2 is 1.96 bits per heavy atom. The molecule has 138 valence electrons. The van der Waals surface area contributed by atoms with Gasteiger partial charge in [0.25, 0.3) is 0 Å². The summed E-state index contributed by atoms with van der Waals surface area (Å²) in [4.78, 5) is 14.8. The number of carbonyl (C=O) groups excluding carboxylic acids is 1. The molecule has 4 rings (SSSR count). The number of hydrogen-bond donors (Lipinski definition) is 0. The Morgan fingerprint density at radius 3 is 2.74 bits per heavy atom. The molecule has 2 aromatic carbocycles. The van der Waals surface area contributed by atoms with E-state index in [0.717, 1.165) is 24.2 Å². The van der Waals surface area contributed by atoms with Crippen LogP contribution in [0.5, 0.6) is 0 Å². The molecule has 0 radical (unpaired) electrons. The number of hydrogen-bond acceptors (Lipinski definition) is 5. The highest BCUT2D eigenvalue weighted by Crippen LogP contribution is 2.32. The number of fused-ring (bicyclic) bond motifs is 1. The van der Waals surface area contributed by atoms with Gasteiger partial charge in [0.05, 0.1) is 11.4 Å². The SMILES string of the molecule is CCc1ccc(-n2nnnc2SCC(=O)N2c3ccccc3C[C@@H]2C)cc1. The number of carbonyl (C=O) groups is 1. The summed E-state index contributed by atoms with van der Waals surface area (Å²) in [5.41, 5.74) is 4.40. The number of thioether (sulfide) groups is 1. The molecule has 0 aliphatic carbocycles. The van der Waals surface area contributed by atoms with Gasteiger partial charge in [-0.05, 0) is 59.5 Å². The van der Waals surface area contributed by atoms with Crippen molar-refractivity contribution < 1.29 is 4.79 Å². The minimum Gasteiger partial charge on any atom is -0.308 e. The van der Waals surface area contributed by atoms with Gasteiger partial charge in [0.1, 0.15) is 0 Å². The molecule has 0 unspecified atom stereocenters. The number of para-hydroxylation sites is 1. The van der Waals surface area contributed by atoms with E-state index >= 15 is 0 Å². The lowest BCUT2D eigenvalue weighted by atomic mass is 10.1. The molecule has 1 aliphatic heterocycles. The summed E-state index contributed by atoms with van der Waals surface area (Å²) in [7, 11) is 0. The first-order valence-electron chi connectivity index (χ1n) is 9.08. The van der Waals surface area contributed by atoms with Crippen LogP contribution >= 0.6 is 11.8 Å². The standard InChI is InChI=1S/C20H21N5OS/c1-3-15-8-10-17(11-9-15)25-20(21-22-23-25)27-13-19(26)24-14(2)12-16-6-4-5-7-18(16)24/h4-11,14H,3,12-13H2,1-2H3/t14-/m0/s1. The number of nitrogens with zero attached hydrogens (tertiary/aromatic N) is 5. The van der Waals surface area contributed by atoms with Crippen LogP contribution in [0, 0.1) is 0 Å². The molecule has 0 saturated heterocycles. The lowest BCUT2D eigenvalue weighted by Gasteiger charge is -2.22. The third-order valence-electron chi connectivity index (χ3n) is 4.83. The van der Waals surface area contributed by atoms with Crippen LogP contribution in [-0.4, -0.2) is 37.9 Å². The molecule has 0 bridgehead atoms. The van der Waals surface area contributed by atoms with Gasteiger partial charge in [0, 0.05) is 11.7 Å². The Labute approximate surface area is 162 Å². The van der Waals surface area contributed by atoms with E-state index < -0.39 is 0 Å². The smallest absolute Gasteiger partial charge is 0.237 e. The highest BCUT2D eigenvalue weighted by molar-refractivity contribution is 7.99. The zero-order valence-corrected chi connectivity index (χ0v) is 16.2. The van der Waals surface area contributed by atoms with Crippen molar-refractivity contribution >= 4 is 23.4 Å². The number of anilines is 1. The third kappa shape index (κ3) is 3.47. The van der Waals surface area contributed by atoms with Gasteiger partial charge in [-0.2, -0.15) is 4.68 Å². The van der Waals surface area contributed by atoms with Crippen molar-refractivity contribution in [1.29, 1.82) is 0 Å². The second-order valence-corrected chi connectivity index (χ2v) is 7.57. The number of rotatable bonds is 5. The summed E-state index contributed by atoms with van der Waals surface area (Å²) in [6, 6.07) is 16.4. The first kappa shape index (κ1) is 17.7. The van der Waals surface area contributed by atoms with Crippen molar-refractivity contribution in [2.75, 3.05) is 10.7 Å². The monoisotopic (exact) mass is 379 g/mol. The zero-order chi connectivity index (χ0) is 18.8. The molecule has 1 amide bonds. The minimum atomic E-state index is 0.0772. The predicted octanol–water partition coefficient (Wildman–Crippen LogP) is 3.29. The zero-order valence-electron chi connectivity index (χ0n) is 15.4. The van der Waals surface area contributed by atoms with E-state index in [9.17, 15) is 4.79 Å². The lowest BCUT2D eigenvalue weighted by molar-refractivity contribution is -0.116. The van der Waals surface area contributed by atoms with Crippen molar-refractivity contribution in [2.24, 2.45) is 0 Å². The summed E-state index contributed by atoms with van der Waals surface area (Å²) in [5.74, 6) is 0.375. The molecule has 6 nitrogen and oxygen atoms in total. The van der Waals surface area contributed by atoms with Crippen molar-refractivity contribution in [2.45, 2.75) is 37.9 Å². The normalized spacial score (nSPS) is 15.8. The molecule has 7 heteroatoms. The van der Waals surface area contributed by atoms with E-state index in [-0.39, 0.29) is 11.9 Å². The van der Waals surface area contributed by atoms with Crippen LogP contribution in [0.3, 0.4) is 0 Å². The molecule has 0 N–H and O–H groups in total. The second kappa shape index (κ2) is 7.52. The van der Waals surface area contributed by atoms with Gasteiger partial charge in [0.2, 0.25) is 11.1 Å². The van der Waals surface area contributed by atoms with Gasteiger partial charge in [-0.25, -0.2) is 0 Å². The average Bonchev–Trinajstić information content (AvgIpc) is 3.29. The highest BCUT2D eigenvalue weighted by atomic mass is 32.2. The molecule has 2 heterocycles. The highest BCUT2D eigenvalue weighted by Gasteiger charge is 2.30. The van der Waals surface area contributed by atoms with Crippen molar-refractivity contribution in [3.05, 3.63) is 59.7 Å². The quantitative estimate of drug-likeness (QED) is 0.637. The van der Waals surface area contributed by atoms with Crippen LogP contribution in [0.4, 0.5) is 5.69 Å².